The largest absolute Gasteiger partial charge is 0.481 e. The van der Waals surface area contributed by atoms with Crippen molar-refractivity contribution in [2.45, 2.75) is 32.7 Å². The van der Waals surface area contributed by atoms with Crippen molar-refractivity contribution in [2.75, 3.05) is 13.6 Å². The van der Waals surface area contributed by atoms with Crippen molar-refractivity contribution < 1.29 is 18.3 Å². The fourth-order valence-electron chi connectivity index (χ4n) is 1.23. The molecule has 1 rings (SSSR count). The molecule has 2 N–H and O–H groups in total. The molecule has 0 aromatic carbocycles. The number of nitrogens with one attached hydrogen (secondary N) is 1. The molecule has 0 spiro atoms. The van der Waals surface area contributed by atoms with Crippen LogP contribution in [-0.4, -0.2) is 43.4 Å². The van der Waals surface area contributed by atoms with Crippen LogP contribution < -0.4 is 4.72 Å². The van der Waals surface area contributed by atoms with Gasteiger partial charge in [-0.05, 0) is 26.7 Å². The molecule has 1 aliphatic rings. The van der Waals surface area contributed by atoms with Crippen LogP contribution in [0.4, 0.5) is 0 Å². The Kier molecular flexibility index (Phi) is 3.61. The molecule has 1 fully saturated rings. The lowest BCUT2D eigenvalue weighted by molar-refractivity contribution is -0.143. The highest BCUT2D eigenvalue weighted by Crippen LogP contribution is 2.45. The van der Waals surface area contributed by atoms with Crippen molar-refractivity contribution in [3.63, 3.8) is 0 Å². The van der Waals surface area contributed by atoms with Crippen molar-refractivity contribution in [1.29, 1.82) is 0 Å². The second-order valence-corrected chi connectivity index (χ2v) is 6.34. The van der Waals surface area contributed by atoms with E-state index >= 15 is 0 Å². The molecule has 0 aromatic heterocycles. The first-order chi connectivity index (χ1) is 7.21. The Morgan fingerprint density at radius 2 is 2.00 bits per heavy atom. The van der Waals surface area contributed by atoms with Gasteiger partial charge in [0, 0.05) is 19.6 Å². The number of carboxylic acid groups (broad SMARTS) is 1. The molecular weight excluding hydrogens is 232 g/mol. The van der Waals surface area contributed by atoms with Gasteiger partial charge in [0.1, 0.15) is 0 Å². The molecule has 0 amide bonds. The maximum atomic E-state index is 11.7. The van der Waals surface area contributed by atoms with Gasteiger partial charge >= 0.3 is 5.97 Å². The number of carboxylic acids is 1. The van der Waals surface area contributed by atoms with E-state index in [2.05, 4.69) is 4.72 Å². The maximum Gasteiger partial charge on any atom is 0.310 e. The second-order valence-electron chi connectivity index (χ2n) is 4.52. The minimum Gasteiger partial charge on any atom is -0.481 e. The number of hydrogen-bond donors (Lipinski definition) is 2. The van der Waals surface area contributed by atoms with Gasteiger partial charge in [0.05, 0.1) is 5.41 Å². The summed E-state index contributed by atoms with van der Waals surface area (Å²) in [6, 6.07) is -0.155. The molecule has 1 saturated carbocycles. The highest BCUT2D eigenvalue weighted by atomic mass is 32.2. The van der Waals surface area contributed by atoms with E-state index in [1.165, 1.54) is 11.4 Å². The molecule has 0 aromatic rings. The quantitative estimate of drug-likeness (QED) is 0.696. The third-order valence-corrected chi connectivity index (χ3v) is 4.70. The van der Waals surface area contributed by atoms with E-state index in [9.17, 15) is 13.2 Å². The van der Waals surface area contributed by atoms with Crippen molar-refractivity contribution >= 4 is 16.2 Å². The summed E-state index contributed by atoms with van der Waals surface area (Å²) in [7, 11) is -2.10. The molecule has 0 unspecified atom stereocenters. The van der Waals surface area contributed by atoms with Crippen LogP contribution in [0.1, 0.15) is 26.7 Å². The summed E-state index contributed by atoms with van der Waals surface area (Å²) in [5.74, 6) is -0.928. The Morgan fingerprint density at radius 3 is 2.31 bits per heavy atom. The number of carbonyl (C=O) groups is 1. The number of rotatable bonds is 6. The monoisotopic (exact) mass is 250 g/mol. The summed E-state index contributed by atoms with van der Waals surface area (Å²) in [5.41, 5.74) is -0.870. The van der Waals surface area contributed by atoms with Gasteiger partial charge in [-0.25, -0.2) is 4.72 Å². The van der Waals surface area contributed by atoms with Crippen LogP contribution >= 0.6 is 0 Å². The zero-order chi connectivity index (χ0) is 12.6. The van der Waals surface area contributed by atoms with E-state index in [-0.39, 0.29) is 12.6 Å². The predicted molar refractivity (Wildman–Crippen MR) is 59.1 cm³/mol. The van der Waals surface area contributed by atoms with Crippen LogP contribution in [0.15, 0.2) is 0 Å². The topological polar surface area (TPSA) is 86.7 Å². The molecule has 7 heteroatoms. The van der Waals surface area contributed by atoms with Gasteiger partial charge in [0.15, 0.2) is 0 Å². The van der Waals surface area contributed by atoms with Gasteiger partial charge in [0.25, 0.3) is 10.2 Å². The van der Waals surface area contributed by atoms with Crippen molar-refractivity contribution in [3.8, 4) is 0 Å². The third-order valence-electron chi connectivity index (χ3n) is 3.01. The lowest BCUT2D eigenvalue weighted by Crippen LogP contribution is -2.44. The molecule has 0 radical (unpaired) electrons. The van der Waals surface area contributed by atoms with Crippen molar-refractivity contribution in [3.05, 3.63) is 0 Å². The Bertz CT molecular complexity index is 373. The van der Waals surface area contributed by atoms with Crippen LogP contribution in [0.3, 0.4) is 0 Å². The summed E-state index contributed by atoms with van der Waals surface area (Å²) in [5, 5.41) is 8.90. The predicted octanol–water partition coefficient (Wildman–Crippen LogP) is 0.0258. The first kappa shape index (κ1) is 13.4. The highest BCUT2D eigenvalue weighted by Gasteiger charge is 2.50. The number of aliphatic carboxylic acids is 1. The van der Waals surface area contributed by atoms with Crippen LogP contribution in [0.2, 0.25) is 0 Å². The van der Waals surface area contributed by atoms with Gasteiger partial charge in [0.2, 0.25) is 0 Å². The summed E-state index contributed by atoms with van der Waals surface area (Å²) in [6.45, 7) is 3.48. The van der Waals surface area contributed by atoms with E-state index in [0.29, 0.717) is 12.8 Å². The summed E-state index contributed by atoms with van der Waals surface area (Å²) >= 11 is 0. The average Bonchev–Trinajstić information content (AvgIpc) is 2.94. The van der Waals surface area contributed by atoms with Crippen LogP contribution in [0.25, 0.3) is 0 Å². The first-order valence-corrected chi connectivity index (χ1v) is 6.61. The Balaban J connectivity index is 2.59. The lowest BCUT2D eigenvalue weighted by Gasteiger charge is -2.22. The van der Waals surface area contributed by atoms with Crippen molar-refractivity contribution in [2.24, 2.45) is 5.41 Å². The molecule has 0 saturated heterocycles. The Morgan fingerprint density at radius 1 is 1.50 bits per heavy atom. The molecular formula is C9H18N2O4S. The standard InChI is InChI=1S/C9H18N2O4S/c1-7(2)11(3)16(14,15)10-6-9(4-5-9)8(12)13/h7,10H,4-6H2,1-3H3,(H,12,13). The van der Waals surface area contributed by atoms with E-state index in [0.717, 1.165) is 0 Å². The molecule has 0 bridgehead atoms. The average molecular weight is 250 g/mol. The zero-order valence-corrected chi connectivity index (χ0v) is 10.5. The molecule has 0 atom stereocenters. The van der Waals surface area contributed by atoms with Gasteiger partial charge < -0.3 is 5.11 Å². The zero-order valence-electron chi connectivity index (χ0n) is 9.73. The Labute approximate surface area is 95.8 Å². The molecule has 1 aliphatic carbocycles. The minimum atomic E-state index is -3.57. The fraction of sp³-hybridized carbons (Fsp3) is 0.889. The molecule has 16 heavy (non-hydrogen) atoms. The summed E-state index contributed by atoms with van der Waals surface area (Å²) in [4.78, 5) is 10.9. The number of nitrogens with zero attached hydrogens (tertiary/aromatic N) is 1. The summed E-state index contributed by atoms with van der Waals surface area (Å²) in [6.07, 6.45) is 1.08. The SMILES string of the molecule is CC(C)N(C)S(=O)(=O)NCC1(C(=O)O)CC1. The smallest absolute Gasteiger partial charge is 0.310 e. The normalized spacial score (nSPS) is 19.1. The van der Waals surface area contributed by atoms with Crippen molar-refractivity contribution in [1.82, 2.24) is 9.03 Å². The van der Waals surface area contributed by atoms with Crippen LogP contribution in [-0.2, 0) is 15.0 Å². The summed E-state index contributed by atoms with van der Waals surface area (Å²) < 4.78 is 26.9. The van der Waals surface area contributed by atoms with Gasteiger partial charge in [-0.15, -0.1) is 0 Å². The maximum absolute atomic E-state index is 11.7. The van der Waals surface area contributed by atoms with E-state index < -0.39 is 21.6 Å². The van der Waals surface area contributed by atoms with E-state index in [1.807, 2.05) is 0 Å². The first-order valence-electron chi connectivity index (χ1n) is 5.17. The fourth-order valence-corrected chi connectivity index (χ4v) is 2.44. The minimum absolute atomic E-state index is 0.0261. The molecule has 6 nitrogen and oxygen atoms in total. The van der Waals surface area contributed by atoms with Gasteiger partial charge in [-0.3, -0.25) is 4.79 Å². The lowest BCUT2D eigenvalue weighted by atomic mass is 10.1. The third kappa shape index (κ3) is 2.72. The van der Waals surface area contributed by atoms with Crippen LogP contribution in [0.5, 0.6) is 0 Å². The second kappa shape index (κ2) is 4.31. The number of hydrogen-bond acceptors (Lipinski definition) is 3. The van der Waals surface area contributed by atoms with E-state index in [4.69, 9.17) is 5.11 Å². The molecule has 0 heterocycles. The van der Waals surface area contributed by atoms with Gasteiger partial charge in [-0.2, -0.15) is 12.7 Å². The van der Waals surface area contributed by atoms with Gasteiger partial charge in [-0.1, -0.05) is 0 Å². The molecule has 94 valence electrons. The molecule has 0 aliphatic heterocycles. The van der Waals surface area contributed by atoms with Crippen LogP contribution in [0, 0.1) is 5.41 Å². The van der Waals surface area contributed by atoms with E-state index in [1.54, 1.807) is 13.8 Å². The highest BCUT2D eigenvalue weighted by molar-refractivity contribution is 7.87. The Hall–Kier alpha value is -0.660.